The van der Waals surface area contributed by atoms with Crippen molar-refractivity contribution < 1.29 is 0 Å². The molecule has 0 amide bonds. The molecule has 0 saturated carbocycles. The molecule has 1 heterocycles. The predicted molar refractivity (Wildman–Crippen MR) is 61.7 cm³/mol. The van der Waals surface area contributed by atoms with Gasteiger partial charge in [0.1, 0.15) is 6.07 Å². The Bertz CT molecular complexity index is 371. The minimum Gasteiger partial charge on any atom is -0.372 e. The first-order valence-electron chi connectivity index (χ1n) is 4.99. The second kappa shape index (κ2) is 4.31. The van der Waals surface area contributed by atoms with Gasteiger partial charge in [0, 0.05) is 19.8 Å². The highest BCUT2D eigenvalue weighted by molar-refractivity contribution is 5.57. The molecule has 1 aromatic rings. The fourth-order valence-electron chi connectivity index (χ4n) is 1.58. The van der Waals surface area contributed by atoms with E-state index in [9.17, 15) is 0 Å². The van der Waals surface area contributed by atoms with Crippen LogP contribution < -0.4 is 4.90 Å². The van der Waals surface area contributed by atoms with Crippen LogP contribution in [-0.2, 0) is 0 Å². The Balaban J connectivity index is 2.92. The summed E-state index contributed by atoms with van der Waals surface area (Å²) < 4.78 is 0. The number of rotatable bonds is 2. The van der Waals surface area contributed by atoms with Crippen LogP contribution in [0.1, 0.15) is 26.3 Å². The van der Waals surface area contributed by atoms with Crippen molar-refractivity contribution in [1.82, 2.24) is 4.98 Å². The molecule has 0 spiro atoms. The molecule has 0 aliphatic rings. The van der Waals surface area contributed by atoms with Crippen molar-refractivity contribution in [3.63, 3.8) is 0 Å². The van der Waals surface area contributed by atoms with Crippen molar-refractivity contribution in [2.45, 2.75) is 20.8 Å². The molecular weight excluding hydrogens is 186 g/mol. The Labute approximate surface area is 91.4 Å². The van der Waals surface area contributed by atoms with E-state index in [1.165, 1.54) is 0 Å². The molecule has 0 bridgehead atoms. The fourth-order valence-corrected chi connectivity index (χ4v) is 1.58. The third-order valence-corrected chi connectivity index (χ3v) is 2.04. The Hall–Kier alpha value is -1.56. The number of nitriles is 1. The third kappa shape index (κ3) is 3.25. The summed E-state index contributed by atoms with van der Waals surface area (Å²) in [6.45, 7) is 7.41. The van der Waals surface area contributed by atoms with Gasteiger partial charge in [0.2, 0.25) is 0 Å². The van der Waals surface area contributed by atoms with Gasteiger partial charge in [-0.15, -0.1) is 0 Å². The van der Waals surface area contributed by atoms with Gasteiger partial charge in [-0.25, -0.2) is 0 Å². The van der Waals surface area contributed by atoms with Crippen molar-refractivity contribution in [2.24, 2.45) is 5.41 Å². The van der Waals surface area contributed by atoms with E-state index in [1.54, 1.807) is 18.5 Å². The molecule has 3 nitrogen and oxygen atoms in total. The molecule has 0 fully saturated rings. The number of hydrogen-bond acceptors (Lipinski definition) is 3. The maximum Gasteiger partial charge on any atom is 0.101 e. The summed E-state index contributed by atoms with van der Waals surface area (Å²) in [5.41, 5.74) is 1.78. The average molecular weight is 203 g/mol. The smallest absolute Gasteiger partial charge is 0.101 e. The Morgan fingerprint density at radius 3 is 2.67 bits per heavy atom. The number of nitrogens with zero attached hydrogens (tertiary/aromatic N) is 3. The van der Waals surface area contributed by atoms with Gasteiger partial charge in [0.05, 0.1) is 17.4 Å². The van der Waals surface area contributed by atoms with E-state index in [-0.39, 0.29) is 5.41 Å². The molecule has 15 heavy (non-hydrogen) atoms. The van der Waals surface area contributed by atoms with Gasteiger partial charge in [-0.05, 0) is 11.5 Å². The molecule has 0 aromatic carbocycles. The van der Waals surface area contributed by atoms with Gasteiger partial charge >= 0.3 is 0 Å². The van der Waals surface area contributed by atoms with Crippen LogP contribution in [0.25, 0.3) is 0 Å². The number of anilines is 1. The van der Waals surface area contributed by atoms with Gasteiger partial charge in [-0.2, -0.15) is 5.26 Å². The van der Waals surface area contributed by atoms with Crippen LogP contribution in [0, 0.1) is 16.7 Å². The topological polar surface area (TPSA) is 39.9 Å². The predicted octanol–water partition coefficient (Wildman–Crippen LogP) is 2.44. The van der Waals surface area contributed by atoms with Crippen molar-refractivity contribution >= 4 is 5.69 Å². The van der Waals surface area contributed by atoms with Crippen LogP contribution >= 0.6 is 0 Å². The van der Waals surface area contributed by atoms with Crippen molar-refractivity contribution in [1.29, 1.82) is 5.26 Å². The van der Waals surface area contributed by atoms with Gasteiger partial charge < -0.3 is 4.90 Å². The third-order valence-electron chi connectivity index (χ3n) is 2.04. The first-order valence-corrected chi connectivity index (χ1v) is 4.99. The minimum absolute atomic E-state index is 0.206. The Morgan fingerprint density at radius 2 is 2.13 bits per heavy atom. The molecule has 1 rings (SSSR count). The molecule has 3 heteroatoms. The molecule has 0 radical (unpaired) electrons. The van der Waals surface area contributed by atoms with Crippen molar-refractivity contribution in [3.05, 3.63) is 24.0 Å². The van der Waals surface area contributed by atoms with E-state index < -0.39 is 0 Å². The lowest BCUT2D eigenvalue weighted by molar-refractivity contribution is 0.419. The van der Waals surface area contributed by atoms with Crippen molar-refractivity contribution in [3.8, 4) is 6.07 Å². The normalized spacial score (nSPS) is 10.9. The van der Waals surface area contributed by atoms with Crippen LogP contribution in [0.5, 0.6) is 0 Å². The number of hydrogen-bond donors (Lipinski definition) is 0. The van der Waals surface area contributed by atoms with Gasteiger partial charge in [0.25, 0.3) is 0 Å². The molecule has 0 unspecified atom stereocenters. The van der Waals surface area contributed by atoms with Crippen LogP contribution in [0.3, 0.4) is 0 Å². The molecule has 0 atom stereocenters. The fraction of sp³-hybridized carbons (Fsp3) is 0.500. The van der Waals surface area contributed by atoms with Crippen LogP contribution in [0.4, 0.5) is 5.69 Å². The van der Waals surface area contributed by atoms with Crippen LogP contribution in [0.15, 0.2) is 18.5 Å². The molecular formula is C12H17N3. The first-order chi connectivity index (χ1) is 6.94. The zero-order valence-corrected chi connectivity index (χ0v) is 9.78. The highest BCUT2D eigenvalue weighted by Gasteiger charge is 2.15. The molecule has 0 aliphatic heterocycles. The van der Waals surface area contributed by atoms with Crippen LogP contribution in [0.2, 0.25) is 0 Å². The van der Waals surface area contributed by atoms with Gasteiger partial charge in [0.15, 0.2) is 0 Å². The zero-order chi connectivity index (χ0) is 11.5. The monoisotopic (exact) mass is 203 g/mol. The van der Waals surface area contributed by atoms with Crippen molar-refractivity contribution in [2.75, 3.05) is 18.5 Å². The van der Waals surface area contributed by atoms with E-state index in [2.05, 4.69) is 36.7 Å². The van der Waals surface area contributed by atoms with E-state index in [1.807, 2.05) is 7.05 Å². The molecule has 0 N–H and O–H groups in total. The Morgan fingerprint density at radius 1 is 1.47 bits per heavy atom. The molecule has 1 aromatic heterocycles. The average Bonchev–Trinajstić information content (AvgIpc) is 2.15. The molecule has 0 aliphatic carbocycles. The lowest BCUT2D eigenvalue weighted by atomic mass is 9.96. The summed E-state index contributed by atoms with van der Waals surface area (Å²) >= 11 is 0. The lowest BCUT2D eigenvalue weighted by Gasteiger charge is -2.28. The van der Waals surface area contributed by atoms with Gasteiger partial charge in [-0.3, -0.25) is 4.98 Å². The largest absolute Gasteiger partial charge is 0.372 e. The Kier molecular flexibility index (Phi) is 3.31. The summed E-state index contributed by atoms with van der Waals surface area (Å²) in [5.74, 6) is 0. The standard InChI is InChI=1S/C12H17N3/c1-12(2,3)9-15(4)11-8-14-6-5-10(11)7-13/h5-6,8H,9H2,1-4H3. The zero-order valence-electron chi connectivity index (χ0n) is 9.78. The number of pyridine rings is 1. The maximum atomic E-state index is 8.96. The second-order valence-corrected chi connectivity index (χ2v) is 4.92. The minimum atomic E-state index is 0.206. The maximum absolute atomic E-state index is 8.96. The highest BCUT2D eigenvalue weighted by Crippen LogP contribution is 2.22. The summed E-state index contributed by atoms with van der Waals surface area (Å²) in [7, 11) is 1.99. The summed E-state index contributed by atoms with van der Waals surface area (Å²) in [6.07, 6.45) is 3.39. The number of aromatic nitrogens is 1. The lowest BCUT2D eigenvalue weighted by Crippen LogP contribution is -2.29. The first kappa shape index (κ1) is 11.5. The van der Waals surface area contributed by atoms with E-state index >= 15 is 0 Å². The SMILES string of the molecule is CN(CC(C)(C)C)c1cnccc1C#N. The molecule has 80 valence electrons. The second-order valence-electron chi connectivity index (χ2n) is 4.92. The highest BCUT2D eigenvalue weighted by atomic mass is 15.1. The van der Waals surface area contributed by atoms with E-state index in [0.29, 0.717) is 5.56 Å². The summed E-state index contributed by atoms with van der Waals surface area (Å²) in [5, 5.41) is 8.96. The quantitative estimate of drug-likeness (QED) is 0.741. The van der Waals surface area contributed by atoms with Crippen LogP contribution in [-0.4, -0.2) is 18.6 Å². The van der Waals surface area contributed by atoms with E-state index in [4.69, 9.17) is 5.26 Å². The van der Waals surface area contributed by atoms with E-state index in [0.717, 1.165) is 12.2 Å². The summed E-state index contributed by atoms with van der Waals surface area (Å²) in [4.78, 5) is 6.13. The summed E-state index contributed by atoms with van der Waals surface area (Å²) in [6, 6.07) is 3.93. The molecule has 0 saturated heterocycles. The van der Waals surface area contributed by atoms with Gasteiger partial charge in [-0.1, -0.05) is 20.8 Å².